The Morgan fingerprint density at radius 3 is 2.21 bits per heavy atom. The van der Waals surface area contributed by atoms with Crippen LogP contribution in [0.5, 0.6) is 0 Å². The predicted octanol–water partition coefficient (Wildman–Crippen LogP) is 2.43. The van der Waals surface area contributed by atoms with Gasteiger partial charge in [-0.2, -0.15) is 10.2 Å². The molecule has 2 aliphatic rings. The van der Waals surface area contributed by atoms with Gasteiger partial charge >= 0.3 is 6.09 Å². The van der Waals surface area contributed by atoms with Gasteiger partial charge in [0.2, 0.25) is 17.7 Å². The van der Waals surface area contributed by atoms with Crippen molar-refractivity contribution >= 4 is 23.8 Å². The lowest BCUT2D eigenvalue weighted by atomic mass is 9.84. The lowest BCUT2D eigenvalue weighted by Gasteiger charge is -2.22. The molecule has 0 aliphatic heterocycles. The fourth-order valence-corrected chi connectivity index (χ4v) is 5.85. The summed E-state index contributed by atoms with van der Waals surface area (Å²) in [6.45, 7) is 13.5. The molecule has 0 bridgehead atoms. The highest BCUT2D eigenvalue weighted by atomic mass is 16.5. The lowest BCUT2D eigenvalue weighted by Crippen LogP contribution is -2.40. The minimum Gasteiger partial charge on any atom is -0.449 e. The molecule has 2 rings (SSSR count). The first-order valence-electron chi connectivity index (χ1n) is 15.4. The van der Waals surface area contributed by atoms with Gasteiger partial charge in [-0.1, -0.05) is 13.8 Å². The van der Waals surface area contributed by atoms with Crippen molar-refractivity contribution in [3.8, 4) is 0 Å². The monoisotopic (exact) mass is 607 g/mol. The summed E-state index contributed by atoms with van der Waals surface area (Å²) in [5.41, 5.74) is 2.71. The minimum atomic E-state index is -0.399. The first-order chi connectivity index (χ1) is 20.4. The number of ether oxygens (including phenoxy) is 2. The second-order valence-electron chi connectivity index (χ2n) is 12.2. The zero-order valence-electron chi connectivity index (χ0n) is 26.9. The predicted molar refractivity (Wildman–Crippen MR) is 163 cm³/mol. The first-order valence-corrected chi connectivity index (χ1v) is 15.4. The number of azo groups is 1. The van der Waals surface area contributed by atoms with Crippen LogP contribution in [0.4, 0.5) is 4.79 Å². The maximum absolute atomic E-state index is 12.3. The van der Waals surface area contributed by atoms with E-state index in [0.29, 0.717) is 51.9 Å². The molecule has 244 valence electrons. The summed E-state index contributed by atoms with van der Waals surface area (Å²) in [5.74, 6) is -0.531. The van der Waals surface area contributed by atoms with E-state index in [9.17, 15) is 19.2 Å². The van der Waals surface area contributed by atoms with Crippen molar-refractivity contribution in [1.82, 2.24) is 26.6 Å². The summed E-state index contributed by atoms with van der Waals surface area (Å²) in [6.07, 6.45) is 3.63. The Kier molecular flexibility index (Phi) is 15.1. The molecule has 0 aromatic rings. The average Bonchev–Trinajstić information content (AvgIpc) is 3.41. The van der Waals surface area contributed by atoms with Crippen LogP contribution in [0.3, 0.4) is 0 Å². The summed E-state index contributed by atoms with van der Waals surface area (Å²) in [6, 6.07) is 0.00244. The van der Waals surface area contributed by atoms with E-state index >= 15 is 0 Å². The number of fused-ring (bicyclic) bond motifs is 1. The van der Waals surface area contributed by atoms with Crippen LogP contribution in [-0.4, -0.2) is 89.4 Å². The molecule has 3 atom stereocenters. The number of nitrogens with one attached hydrogen (secondary N) is 5. The quantitative estimate of drug-likeness (QED) is 0.118. The number of allylic oxidation sites excluding steroid dienone is 2. The van der Waals surface area contributed by atoms with Crippen LogP contribution < -0.4 is 26.6 Å². The van der Waals surface area contributed by atoms with Crippen molar-refractivity contribution in [3.05, 3.63) is 11.3 Å². The number of hydrogen-bond donors (Lipinski definition) is 5. The van der Waals surface area contributed by atoms with Crippen LogP contribution in [-0.2, 0) is 23.9 Å². The first kappa shape index (κ1) is 36.1. The largest absolute Gasteiger partial charge is 0.449 e. The third kappa shape index (κ3) is 11.9. The van der Waals surface area contributed by atoms with Crippen molar-refractivity contribution in [1.29, 1.82) is 0 Å². The number of alkyl carbamates (subject to hydrolysis) is 1. The molecule has 43 heavy (non-hydrogen) atoms. The molecule has 13 nitrogen and oxygen atoms in total. The third-order valence-corrected chi connectivity index (χ3v) is 8.79. The molecule has 13 heteroatoms. The van der Waals surface area contributed by atoms with E-state index in [1.54, 1.807) is 7.05 Å². The van der Waals surface area contributed by atoms with Crippen molar-refractivity contribution in [3.63, 3.8) is 0 Å². The van der Waals surface area contributed by atoms with E-state index in [4.69, 9.17) is 9.47 Å². The molecule has 0 spiro atoms. The highest BCUT2D eigenvalue weighted by Gasteiger charge is 2.69. The lowest BCUT2D eigenvalue weighted by molar-refractivity contribution is -0.128. The van der Waals surface area contributed by atoms with Gasteiger partial charge in [-0.25, -0.2) is 4.79 Å². The Hall–Kier alpha value is -3.06. The zero-order valence-corrected chi connectivity index (χ0v) is 26.9. The Balaban J connectivity index is 1.45. The van der Waals surface area contributed by atoms with E-state index in [2.05, 4.69) is 57.6 Å². The van der Waals surface area contributed by atoms with Crippen LogP contribution in [0.1, 0.15) is 73.1 Å². The minimum absolute atomic E-state index is 0.00244. The maximum atomic E-state index is 12.3. The fraction of sp³-hybridized carbons (Fsp3) is 0.800. The molecular weight excluding hydrogens is 554 g/mol. The summed E-state index contributed by atoms with van der Waals surface area (Å²) < 4.78 is 11.1. The second kappa shape index (κ2) is 17.9. The van der Waals surface area contributed by atoms with Crippen LogP contribution in [0.15, 0.2) is 21.5 Å². The summed E-state index contributed by atoms with van der Waals surface area (Å²) in [5, 5.41) is 22.2. The van der Waals surface area contributed by atoms with Gasteiger partial charge in [-0.05, 0) is 62.9 Å². The van der Waals surface area contributed by atoms with Gasteiger partial charge in [-0.15, -0.1) is 0 Å². The topological polar surface area (TPSA) is 172 Å². The van der Waals surface area contributed by atoms with Gasteiger partial charge in [0, 0.05) is 58.0 Å². The molecule has 0 radical (unpaired) electrons. The van der Waals surface area contributed by atoms with Crippen molar-refractivity contribution in [2.75, 3.05) is 59.6 Å². The number of carbonyl (C=O) groups is 4. The van der Waals surface area contributed by atoms with E-state index in [-0.39, 0.29) is 54.0 Å². The molecule has 0 saturated heterocycles. The van der Waals surface area contributed by atoms with Crippen LogP contribution in [0.25, 0.3) is 0 Å². The highest BCUT2D eigenvalue weighted by molar-refractivity contribution is 5.87. The summed E-state index contributed by atoms with van der Waals surface area (Å²) in [4.78, 5) is 47.4. The zero-order chi connectivity index (χ0) is 31.9. The normalized spacial score (nSPS) is 25.0. The molecule has 5 N–H and O–H groups in total. The molecule has 1 fully saturated rings. The van der Waals surface area contributed by atoms with Crippen molar-refractivity contribution < 1.29 is 28.7 Å². The van der Waals surface area contributed by atoms with Gasteiger partial charge < -0.3 is 36.1 Å². The Morgan fingerprint density at radius 1 is 0.884 bits per heavy atom. The molecule has 2 aliphatic carbocycles. The van der Waals surface area contributed by atoms with Crippen molar-refractivity contribution in [2.24, 2.45) is 27.0 Å². The molecule has 4 amide bonds. The Bertz CT molecular complexity index is 1020. The number of carbonyl (C=O) groups excluding carboxylic acids is 4. The van der Waals surface area contributed by atoms with E-state index < -0.39 is 6.09 Å². The standard InChI is InChI=1S/C30H53N7O6/c1-21(2)36-27(40)19-35-26(39)8-7-25(38)33-16-18-42-17-15-32-13-14-34-28(41)43-20-24-29(4)11-9-22(3)23(37-31-6)10-12-30(24,29)5/h21,24,32H,7-20H2,1-6H3,(H,33,38)(H,34,41)(H,35,39)(H,36,40)/b23-22+,37-31?/t24-,29+,30-/m1/s1. The Labute approximate surface area is 256 Å². The average molecular weight is 608 g/mol. The molecule has 1 saturated carbocycles. The van der Waals surface area contributed by atoms with E-state index in [0.717, 1.165) is 31.4 Å². The molecule has 0 unspecified atom stereocenters. The fourth-order valence-electron chi connectivity index (χ4n) is 5.85. The number of rotatable bonds is 18. The van der Waals surface area contributed by atoms with E-state index in [1.165, 1.54) is 5.57 Å². The second-order valence-corrected chi connectivity index (χ2v) is 12.2. The van der Waals surface area contributed by atoms with Crippen LogP contribution >= 0.6 is 0 Å². The molecule has 0 heterocycles. The number of amides is 4. The van der Waals surface area contributed by atoms with Crippen LogP contribution in [0.2, 0.25) is 0 Å². The Morgan fingerprint density at radius 2 is 1.53 bits per heavy atom. The van der Waals surface area contributed by atoms with Crippen molar-refractivity contribution in [2.45, 2.75) is 79.2 Å². The SMILES string of the molecule is CN=N/C1=C(\C)CC[C@@]2(C)[C@@H](COC(=O)NCCNCCOCCNC(=O)CCC(=O)NCC(=O)NC(C)C)[C@@]2(C)CC1. The highest BCUT2D eigenvalue weighted by Crippen LogP contribution is 2.74. The maximum Gasteiger partial charge on any atom is 0.407 e. The van der Waals surface area contributed by atoms with Gasteiger partial charge in [0.05, 0.1) is 32.1 Å². The van der Waals surface area contributed by atoms with E-state index in [1.807, 2.05) is 13.8 Å². The molecular formula is C30H53N7O6. The van der Waals surface area contributed by atoms with Gasteiger partial charge in [0.15, 0.2) is 0 Å². The molecule has 0 aromatic heterocycles. The number of hydrogen-bond acceptors (Lipinski definition) is 9. The van der Waals surface area contributed by atoms with Gasteiger partial charge in [0.25, 0.3) is 0 Å². The third-order valence-electron chi connectivity index (χ3n) is 8.79. The van der Waals surface area contributed by atoms with Crippen LogP contribution in [0, 0.1) is 16.7 Å². The van der Waals surface area contributed by atoms with Gasteiger partial charge in [-0.3, -0.25) is 14.4 Å². The molecule has 0 aromatic carbocycles. The number of nitrogens with zero attached hydrogens (tertiary/aromatic N) is 2. The summed E-state index contributed by atoms with van der Waals surface area (Å²) in [7, 11) is 1.71. The van der Waals surface area contributed by atoms with Gasteiger partial charge in [0.1, 0.15) is 0 Å². The summed E-state index contributed by atoms with van der Waals surface area (Å²) >= 11 is 0. The smallest absolute Gasteiger partial charge is 0.407 e.